The number of esters is 1. The number of ether oxygens (including phenoxy) is 1. The van der Waals surface area contributed by atoms with Crippen molar-refractivity contribution in [2.75, 3.05) is 6.61 Å². The molecule has 6 nitrogen and oxygen atoms in total. The van der Waals surface area contributed by atoms with Crippen LogP contribution in [-0.4, -0.2) is 27.6 Å². The third-order valence-electron chi connectivity index (χ3n) is 3.24. The van der Waals surface area contributed by atoms with Crippen molar-refractivity contribution < 1.29 is 14.1 Å². The van der Waals surface area contributed by atoms with Gasteiger partial charge in [0.25, 0.3) is 0 Å². The zero-order valence-electron chi connectivity index (χ0n) is 12.0. The lowest BCUT2D eigenvalue weighted by Crippen LogP contribution is -2.23. The first-order chi connectivity index (χ1) is 10.6. The summed E-state index contributed by atoms with van der Waals surface area (Å²) in [6, 6.07) is 5.50. The second kappa shape index (κ2) is 6.19. The Bertz CT molecular complexity index is 709. The fourth-order valence-corrected chi connectivity index (χ4v) is 2.33. The van der Waals surface area contributed by atoms with Gasteiger partial charge in [0, 0.05) is 24.9 Å². The number of nitrogens with zero attached hydrogens (tertiary/aromatic N) is 3. The quantitative estimate of drug-likeness (QED) is 0.623. The molecule has 0 aliphatic carbocycles. The van der Waals surface area contributed by atoms with Gasteiger partial charge in [0.15, 0.2) is 0 Å². The van der Waals surface area contributed by atoms with E-state index >= 15 is 0 Å². The fraction of sp³-hybridized carbons (Fsp3) is 0.267. The molecule has 0 amide bonds. The average molecular weight is 320 g/mol. The molecule has 0 fully saturated rings. The van der Waals surface area contributed by atoms with Crippen LogP contribution in [-0.2, 0) is 22.6 Å². The molecule has 7 heteroatoms. The van der Waals surface area contributed by atoms with E-state index in [1.54, 1.807) is 12.3 Å². The molecule has 0 bridgehead atoms. The van der Waals surface area contributed by atoms with Crippen molar-refractivity contribution in [3.63, 3.8) is 0 Å². The summed E-state index contributed by atoms with van der Waals surface area (Å²) in [5.41, 5.74) is 2.57. The molecule has 0 spiro atoms. The molecule has 3 heterocycles. The van der Waals surface area contributed by atoms with Gasteiger partial charge in [0.2, 0.25) is 0 Å². The molecule has 0 saturated carbocycles. The standard InChI is InChI=1S/C15H14ClN3O3/c1-10-4-12(18-22-10)8-19(13-5-15(20)21-9-13)7-11-2-3-14(16)17-6-11/h2-6H,7-9H2,1H3. The molecule has 114 valence electrons. The van der Waals surface area contributed by atoms with Crippen molar-refractivity contribution in [1.29, 1.82) is 0 Å². The number of cyclic esters (lactones) is 1. The van der Waals surface area contributed by atoms with Crippen LogP contribution in [0.3, 0.4) is 0 Å². The summed E-state index contributed by atoms with van der Waals surface area (Å²) >= 11 is 5.80. The SMILES string of the molecule is Cc1cc(CN(Cc2ccc(Cl)nc2)C2=CC(=O)OC2)no1. The Morgan fingerprint density at radius 1 is 1.36 bits per heavy atom. The maximum Gasteiger partial charge on any atom is 0.333 e. The van der Waals surface area contributed by atoms with Gasteiger partial charge >= 0.3 is 5.97 Å². The number of pyridine rings is 1. The fourth-order valence-electron chi connectivity index (χ4n) is 2.21. The summed E-state index contributed by atoms with van der Waals surface area (Å²) in [4.78, 5) is 17.4. The molecule has 1 aliphatic rings. The van der Waals surface area contributed by atoms with Crippen molar-refractivity contribution in [1.82, 2.24) is 15.0 Å². The monoisotopic (exact) mass is 319 g/mol. The molecule has 0 aromatic carbocycles. The van der Waals surface area contributed by atoms with Crippen molar-refractivity contribution in [3.05, 3.63) is 58.3 Å². The molecule has 0 unspecified atom stereocenters. The molecule has 2 aromatic heterocycles. The highest BCUT2D eigenvalue weighted by Gasteiger charge is 2.20. The van der Waals surface area contributed by atoms with E-state index in [2.05, 4.69) is 10.1 Å². The van der Waals surface area contributed by atoms with Gasteiger partial charge in [-0.3, -0.25) is 0 Å². The first-order valence-corrected chi connectivity index (χ1v) is 7.13. The van der Waals surface area contributed by atoms with Gasteiger partial charge in [-0.2, -0.15) is 0 Å². The number of rotatable bonds is 5. The number of hydrogen-bond donors (Lipinski definition) is 0. The van der Waals surface area contributed by atoms with Gasteiger partial charge in [-0.15, -0.1) is 0 Å². The van der Waals surface area contributed by atoms with Crippen LogP contribution in [0.5, 0.6) is 0 Å². The first-order valence-electron chi connectivity index (χ1n) is 6.75. The van der Waals surface area contributed by atoms with E-state index in [1.165, 1.54) is 6.08 Å². The van der Waals surface area contributed by atoms with E-state index in [1.807, 2.05) is 24.0 Å². The van der Waals surface area contributed by atoms with Crippen LogP contribution in [0.25, 0.3) is 0 Å². The van der Waals surface area contributed by atoms with Crippen LogP contribution in [0.15, 0.2) is 40.7 Å². The summed E-state index contributed by atoms with van der Waals surface area (Å²) in [7, 11) is 0. The molecule has 1 aliphatic heterocycles. The maximum atomic E-state index is 11.3. The maximum absolute atomic E-state index is 11.3. The zero-order chi connectivity index (χ0) is 15.5. The third-order valence-corrected chi connectivity index (χ3v) is 3.47. The van der Waals surface area contributed by atoms with Gasteiger partial charge < -0.3 is 14.2 Å². The van der Waals surface area contributed by atoms with Crippen LogP contribution in [0.2, 0.25) is 5.15 Å². The molecule has 0 atom stereocenters. The smallest absolute Gasteiger partial charge is 0.333 e. The predicted molar refractivity (Wildman–Crippen MR) is 78.8 cm³/mol. The molecule has 0 N–H and O–H groups in total. The van der Waals surface area contributed by atoms with Crippen LogP contribution in [0.1, 0.15) is 17.0 Å². The van der Waals surface area contributed by atoms with Crippen molar-refractivity contribution in [3.8, 4) is 0 Å². The van der Waals surface area contributed by atoms with E-state index in [0.717, 1.165) is 22.7 Å². The number of carbonyl (C=O) groups excluding carboxylic acids is 1. The predicted octanol–water partition coefficient (Wildman–Crippen LogP) is 2.47. The Balaban J connectivity index is 1.80. The van der Waals surface area contributed by atoms with Gasteiger partial charge in [-0.1, -0.05) is 22.8 Å². The number of aromatic nitrogens is 2. The second-order valence-corrected chi connectivity index (χ2v) is 5.40. The first kappa shape index (κ1) is 14.6. The van der Waals surface area contributed by atoms with Gasteiger partial charge in [-0.25, -0.2) is 9.78 Å². The minimum atomic E-state index is -0.328. The van der Waals surface area contributed by atoms with Gasteiger partial charge in [0.05, 0.1) is 12.2 Å². The van der Waals surface area contributed by atoms with E-state index in [-0.39, 0.29) is 12.6 Å². The lowest BCUT2D eigenvalue weighted by molar-refractivity contribution is -0.135. The third kappa shape index (κ3) is 3.46. The summed E-state index contributed by atoms with van der Waals surface area (Å²) < 4.78 is 10.1. The Kier molecular flexibility index (Phi) is 4.11. The topological polar surface area (TPSA) is 68.5 Å². The molecule has 3 rings (SSSR count). The number of hydrogen-bond acceptors (Lipinski definition) is 6. The summed E-state index contributed by atoms with van der Waals surface area (Å²) in [5.74, 6) is 0.418. The molecule has 22 heavy (non-hydrogen) atoms. The highest BCUT2D eigenvalue weighted by molar-refractivity contribution is 6.29. The molecule has 0 saturated heterocycles. The molecular weight excluding hydrogens is 306 g/mol. The lowest BCUT2D eigenvalue weighted by atomic mass is 10.2. The van der Waals surface area contributed by atoms with Crippen LogP contribution < -0.4 is 0 Å². The minimum absolute atomic E-state index is 0.261. The number of halogens is 1. The van der Waals surface area contributed by atoms with Crippen molar-refractivity contribution in [2.45, 2.75) is 20.0 Å². The summed E-state index contributed by atoms with van der Waals surface area (Å²) in [6.07, 6.45) is 3.21. The van der Waals surface area contributed by atoms with E-state index in [0.29, 0.717) is 18.2 Å². The second-order valence-electron chi connectivity index (χ2n) is 5.02. The van der Waals surface area contributed by atoms with E-state index < -0.39 is 0 Å². The largest absolute Gasteiger partial charge is 0.456 e. The normalized spacial score (nSPS) is 13.9. The molecule has 0 radical (unpaired) electrons. The van der Waals surface area contributed by atoms with Crippen molar-refractivity contribution in [2.24, 2.45) is 0 Å². The zero-order valence-corrected chi connectivity index (χ0v) is 12.7. The number of carbonyl (C=O) groups is 1. The lowest BCUT2D eigenvalue weighted by Gasteiger charge is -2.23. The van der Waals surface area contributed by atoms with Crippen molar-refractivity contribution >= 4 is 17.6 Å². The van der Waals surface area contributed by atoms with E-state index in [9.17, 15) is 4.79 Å². The van der Waals surface area contributed by atoms with Gasteiger partial charge in [0.1, 0.15) is 23.2 Å². The van der Waals surface area contributed by atoms with Crippen LogP contribution >= 0.6 is 11.6 Å². The Morgan fingerprint density at radius 2 is 2.23 bits per heavy atom. The minimum Gasteiger partial charge on any atom is -0.456 e. The van der Waals surface area contributed by atoms with Gasteiger partial charge in [-0.05, 0) is 18.6 Å². The van der Waals surface area contributed by atoms with Crippen LogP contribution in [0, 0.1) is 6.92 Å². The number of aryl methyl sites for hydroxylation is 1. The molecular formula is C15H14ClN3O3. The Morgan fingerprint density at radius 3 is 2.82 bits per heavy atom. The summed E-state index contributed by atoms with van der Waals surface area (Å²) in [6.45, 7) is 3.18. The highest BCUT2D eigenvalue weighted by atomic mass is 35.5. The molecule has 2 aromatic rings. The highest BCUT2D eigenvalue weighted by Crippen LogP contribution is 2.19. The Hall–Kier alpha value is -2.34. The van der Waals surface area contributed by atoms with Crippen LogP contribution in [0.4, 0.5) is 0 Å². The summed E-state index contributed by atoms with van der Waals surface area (Å²) in [5, 5.41) is 4.44. The average Bonchev–Trinajstić information content (AvgIpc) is 3.09. The Labute approximate surface area is 132 Å². The van der Waals surface area contributed by atoms with E-state index in [4.69, 9.17) is 20.9 Å².